The average Bonchev–Trinajstić information content (AvgIpc) is 1.99. The second-order valence-electron chi connectivity index (χ2n) is 2.48. The number of hydrogen-bond donors (Lipinski definition) is 1. The van der Waals surface area contributed by atoms with Gasteiger partial charge in [0.15, 0.2) is 4.90 Å². The number of alkyl halides is 2. The second-order valence-corrected chi connectivity index (χ2v) is 4.98. The quantitative estimate of drug-likeness (QED) is 0.821. The summed E-state index contributed by atoms with van der Waals surface area (Å²) in [5.74, 6) is -2.34. The van der Waals surface area contributed by atoms with Gasteiger partial charge in [0.1, 0.15) is 17.3 Å². The van der Waals surface area contributed by atoms with Gasteiger partial charge in [0.2, 0.25) is 0 Å². The first-order valence-electron chi connectivity index (χ1n) is 3.42. The van der Waals surface area contributed by atoms with Crippen molar-refractivity contribution in [3.8, 4) is 0 Å². The molecule has 4 nitrogen and oxygen atoms in total. The van der Waals surface area contributed by atoms with E-state index in [-0.39, 0.29) is 6.07 Å². The second kappa shape index (κ2) is 3.86. The van der Waals surface area contributed by atoms with Crippen LogP contribution in [0, 0.1) is 5.82 Å². The van der Waals surface area contributed by atoms with Gasteiger partial charge in [-0.15, -0.1) is 0 Å². The minimum absolute atomic E-state index is 0.274. The van der Waals surface area contributed by atoms with Crippen LogP contribution >= 0.6 is 10.7 Å². The Balaban J connectivity index is 3.48. The molecule has 1 aromatic rings. The fraction of sp³-hybridized carbons (Fsp3) is 0.167. The summed E-state index contributed by atoms with van der Waals surface area (Å²) in [5, 5.41) is 0. The highest BCUT2D eigenvalue weighted by Gasteiger charge is 2.24. The summed E-state index contributed by atoms with van der Waals surface area (Å²) in [5.41, 5.74) is 4.05. The first kappa shape index (κ1) is 12.1. The number of nitrogen functional groups attached to an aromatic ring is 1. The standard InChI is InChI=1S/C6H4ClF3N2O2S/c7-15(13,14)4-2(8)1-3(5(9)10)12-6(4)11/h1,5H,(H2,11,12). The van der Waals surface area contributed by atoms with Crippen LogP contribution < -0.4 is 5.73 Å². The highest BCUT2D eigenvalue weighted by molar-refractivity contribution is 8.13. The van der Waals surface area contributed by atoms with E-state index in [0.717, 1.165) is 0 Å². The lowest BCUT2D eigenvalue weighted by Gasteiger charge is -2.05. The van der Waals surface area contributed by atoms with E-state index in [9.17, 15) is 21.6 Å². The molecule has 0 saturated carbocycles. The smallest absolute Gasteiger partial charge is 0.280 e. The van der Waals surface area contributed by atoms with Crippen LogP contribution in [0.1, 0.15) is 12.1 Å². The molecule has 0 unspecified atom stereocenters. The first-order chi connectivity index (χ1) is 6.73. The van der Waals surface area contributed by atoms with Crippen LogP contribution in [0.3, 0.4) is 0 Å². The molecule has 0 radical (unpaired) electrons. The van der Waals surface area contributed by atoms with Gasteiger partial charge < -0.3 is 5.73 Å². The van der Waals surface area contributed by atoms with Crippen LogP contribution in [0.4, 0.5) is 19.0 Å². The average molecular weight is 261 g/mol. The Morgan fingerprint density at radius 3 is 2.33 bits per heavy atom. The van der Waals surface area contributed by atoms with Gasteiger partial charge in [-0.3, -0.25) is 0 Å². The van der Waals surface area contributed by atoms with Gasteiger partial charge in [0, 0.05) is 16.7 Å². The summed E-state index contributed by atoms with van der Waals surface area (Å²) < 4.78 is 58.8. The topological polar surface area (TPSA) is 73.0 Å². The van der Waals surface area contributed by atoms with Crippen molar-refractivity contribution >= 4 is 25.6 Å². The molecular weight excluding hydrogens is 257 g/mol. The van der Waals surface area contributed by atoms with Crippen molar-refractivity contribution in [1.29, 1.82) is 0 Å². The predicted octanol–water partition coefficient (Wildman–Crippen LogP) is 1.67. The molecule has 0 atom stereocenters. The van der Waals surface area contributed by atoms with E-state index in [4.69, 9.17) is 16.4 Å². The molecule has 0 aliphatic carbocycles. The minimum atomic E-state index is -4.44. The number of nitrogens with two attached hydrogens (primary N) is 1. The summed E-state index contributed by atoms with van der Waals surface area (Å²) in [7, 11) is 0.384. The van der Waals surface area contributed by atoms with E-state index in [1.54, 1.807) is 0 Å². The maximum absolute atomic E-state index is 13.1. The number of halogens is 4. The number of anilines is 1. The third-order valence-corrected chi connectivity index (χ3v) is 2.80. The molecule has 9 heteroatoms. The Labute approximate surface area is 87.3 Å². The van der Waals surface area contributed by atoms with Crippen molar-refractivity contribution in [2.75, 3.05) is 5.73 Å². The molecule has 0 aliphatic rings. The zero-order valence-corrected chi connectivity index (χ0v) is 8.49. The Morgan fingerprint density at radius 2 is 2.00 bits per heavy atom. The van der Waals surface area contributed by atoms with Crippen molar-refractivity contribution in [3.05, 3.63) is 17.6 Å². The maximum Gasteiger partial charge on any atom is 0.280 e. The van der Waals surface area contributed by atoms with E-state index in [1.807, 2.05) is 0 Å². The molecular formula is C6H4ClF3N2O2S. The van der Waals surface area contributed by atoms with Crippen molar-refractivity contribution in [3.63, 3.8) is 0 Å². The lowest BCUT2D eigenvalue weighted by molar-refractivity contribution is 0.145. The van der Waals surface area contributed by atoms with Gasteiger partial charge >= 0.3 is 0 Å². The Kier molecular flexibility index (Phi) is 3.10. The molecule has 0 spiro atoms. The van der Waals surface area contributed by atoms with E-state index >= 15 is 0 Å². The predicted molar refractivity (Wildman–Crippen MR) is 46.6 cm³/mol. The van der Waals surface area contributed by atoms with Crippen LogP contribution in [0.5, 0.6) is 0 Å². The fourth-order valence-corrected chi connectivity index (χ4v) is 1.94. The number of pyridine rings is 1. The third kappa shape index (κ3) is 2.51. The van der Waals surface area contributed by atoms with Gasteiger partial charge in [-0.05, 0) is 0 Å². The monoisotopic (exact) mass is 260 g/mol. The molecule has 15 heavy (non-hydrogen) atoms. The van der Waals surface area contributed by atoms with E-state index in [1.165, 1.54) is 0 Å². The van der Waals surface area contributed by atoms with Crippen molar-refractivity contribution < 1.29 is 21.6 Å². The summed E-state index contributed by atoms with van der Waals surface area (Å²) in [4.78, 5) is 1.93. The maximum atomic E-state index is 13.1. The normalized spacial score (nSPS) is 12.1. The van der Waals surface area contributed by atoms with Crippen molar-refractivity contribution in [2.45, 2.75) is 11.3 Å². The molecule has 1 heterocycles. The van der Waals surface area contributed by atoms with Crippen LogP contribution in [-0.4, -0.2) is 13.4 Å². The molecule has 0 aromatic carbocycles. The van der Waals surface area contributed by atoms with E-state index in [0.29, 0.717) is 0 Å². The zero-order valence-electron chi connectivity index (χ0n) is 6.92. The Morgan fingerprint density at radius 1 is 1.47 bits per heavy atom. The van der Waals surface area contributed by atoms with Gasteiger partial charge in [-0.25, -0.2) is 26.6 Å². The summed E-state index contributed by atoms with van der Waals surface area (Å²) in [6.07, 6.45) is -3.05. The molecule has 1 rings (SSSR count). The SMILES string of the molecule is Nc1nc(C(F)F)cc(F)c1S(=O)(=O)Cl. The molecule has 0 amide bonds. The largest absolute Gasteiger partial charge is 0.382 e. The van der Waals surface area contributed by atoms with Gasteiger partial charge in [0.05, 0.1) is 0 Å². The minimum Gasteiger partial charge on any atom is -0.382 e. The number of hydrogen-bond acceptors (Lipinski definition) is 4. The molecule has 84 valence electrons. The number of nitrogens with zero attached hydrogens (tertiary/aromatic N) is 1. The Bertz CT molecular complexity index is 468. The molecule has 1 aromatic heterocycles. The number of aromatic nitrogens is 1. The molecule has 0 saturated heterocycles. The highest BCUT2D eigenvalue weighted by Crippen LogP contribution is 2.27. The van der Waals surface area contributed by atoms with Crippen LogP contribution in [0.2, 0.25) is 0 Å². The molecule has 2 N–H and O–H groups in total. The fourth-order valence-electron chi connectivity index (χ4n) is 0.893. The molecule has 0 fully saturated rings. The molecule has 0 aliphatic heterocycles. The van der Waals surface area contributed by atoms with Gasteiger partial charge in [-0.2, -0.15) is 0 Å². The highest BCUT2D eigenvalue weighted by atomic mass is 35.7. The van der Waals surface area contributed by atoms with Crippen LogP contribution in [0.15, 0.2) is 11.0 Å². The van der Waals surface area contributed by atoms with Gasteiger partial charge in [0.25, 0.3) is 15.5 Å². The lowest BCUT2D eigenvalue weighted by Crippen LogP contribution is -2.07. The van der Waals surface area contributed by atoms with Crippen molar-refractivity contribution in [1.82, 2.24) is 4.98 Å². The van der Waals surface area contributed by atoms with Gasteiger partial charge in [-0.1, -0.05) is 0 Å². The lowest BCUT2D eigenvalue weighted by atomic mass is 10.3. The number of rotatable bonds is 2. The van der Waals surface area contributed by atoms with Crippen molar-refractivity contribution in [2.24, 2.45) is 0 Å². The summed E-state index contributed by atoms with van der Waals surface area (Å²) in [6.45, 7) is 0. The summed E-state index contributed by atoms with van der Waals surface area (Å²) in [6, 6.07) is 0.274. The zero-order chi connectivity index (χ0) is 11.8. The van der Waals surface area contributed by atoms with E-state index in [2.05, 4.69) is 4.98 Å². The Hall–Kier alpha value is -1.02. The van der Waals surface area contributed by atoms with Crippen LogP contribution in [0.25, 0.3) is 0 Å². The van der Waals surface area contributed by atoms with Crippen LogP contribution in [-0.2, 0) is 9.05 Å². The third-order valence-electron chi connectivity index (χ3n) is 1.44. The van der Waals surface area contributed by atoms with E-state index < -0.39 is 37.7 Å². The first-order valence-corrected chi connectivity index (χ1v) is 5.73. The molecule has 0 bridgehead atoms. The summed E-state index contributed by atoms with van der Waals surface area (Å²) >= 11 is 0.